The molecule has 0 saturated carbocycles. The number of nitrogens with zero attached hydrogens (tertiary/aromatic N) is 1. The van der Waals surface area contributed by atoms with Crippen LogP contribution in [0.4, 0.5) is 0 Å². The summed E-state index contributed by atoms with van der Waals surface area (Å²) in [5.41, 5.74) is 1.36. The number of aryl methyl sites for hydroxylation is 1. The molecule has 1 N–H and O–H groups in total. The van der Waals surface area contributed by atoms with Gasteiger partial charge >= 0.3 is 5.97 Å². The van der Waals surface area contributed by atoms with E-state index < -0.39 is 15.8 Å². The smallest absolute Gasteiger partial charge is 0.358 e. The molecule has 0 fully saturated rings. The van der Waals surface area contributed by atoms with Crippen molar-refractivity contribution < 1.29 is 22.8 Å². The van der Waals surface area contributed by atoms with Gasteiger partial charge in [-0.1, -0.05) is 35.0 Å². The van der Waals surface area contributed by atoms with Crippen molar-refractivity contribution in [2.75, 3.05) is 0 Å². The maximum absolute atomic E-state index is 12.0. The first-order chi connectivity index (χ1) is 9.35. The first-order valence-corrected chi connectivity index (χ1v) is 7.63. The number of hydrogen-bond acceptors (Lipinski definition) is 5. The SMILES string of the molecule is Cc1cccc(CS(=O)(=O)Cc2cc(C(=O)O)no2)c1. The summed E-state index contributed by atoms with van der Waals surface area (Å²) >= 11 is 0. The van der Waals surface area contributed by atoms with E-state index in [0.29, 0.717) is 5.56 Å². The Kier molecular flexibility index (Phi) is 3.89. The zero-order valence-electron chi connectivity index (χ0n) is 10.7. The summed E-state index contributed by atoms with van der Waals surface area (Å²) in [6, 6.07) is 8.31. The van der Waals surface area contributed by atoms with E-state index in [-0.39, 0.29) is 23.0 Å². The van der Waals surface area contributed by atoms with E-state index in [4.69, 9.17) is 9.63 Å². The van der Waals surface area contributed by atoms with Gasteiger partial charge in [-0.2, -0.15) is 0 Å². The quantitative estimate of drug-likeness (QED) is 0.903. The van der Waals surface area contributed by atoms with Crippen molar-refractivity contribution in [2.24, 2.45) is 0 Å². The number of carbonyl (C=O) groups is 1. The molecule has 2 rings (SSSR count). The van der Waals surface area contributed by atoms with Gasteiger partial charge < -0.3 is 9.63 Å². The molecule has 7 heteroatoms. The molecule has 106 valence electrons. The van der Waals surface area contributed by atoms with Gasteiger partial charge in [-0.05, 0) is 12.5 Å². The number of carboxylic acids is 1. The Bertz CT molecular complexity index is 733. The fourth-order valence-corrected chi connectivity index (χ4v) is 3.16. The molecule has 0 atom stereocenters. The second-order valence-corrected chi connectivity index (χ2v) is 6.57. The monoisotopic (exact) mass is 295 g/mol. The average Bonchev–Trinajstić information content (AvgIpc) is 2.75. The molecular formula is C13H13NO5S. The number of benzene rings is 1. The molecule has 1 aromatic heterocycles. The Balaban J connectivity index is 2.12. The predicted octanol–water partition coefficient (Wildman–Crippen LogP) is 1.80. The summed E-state index contributed by atoms with van der Waals surface area (Å²) in [7, 11) is -3.44. The lowest BCUT2D eigenvalue weighted by atomic mass is 10.2. The van der Waals surface area contributed by atoms with E-state index in [1.807, 2.05) is 13.0 Å². The Labute approximate surface area is 115 Å². The van der Waals surface area contributed by atoms with Crippen molar-refractivity contribution >= 4 is 15.8 Å². The highest BCUT2D eigenvalue weighted by Gasteiger charge is 2.18. The number of sulfone groups is 1. The van der Waals surface area contributed by atoms with Crippen LogP contribution in [0.2, 0.25) is 0 Å². The van der Waals surface area contributed by atoms with Crippen LogP contribution < -0.4 is 0 Å². The van der Waals surface area contributed by atoms with Crippen LogP contribution in [0.25, 0.3) is 0 Å². The van der Waals surface area contributed by atoms with Gasteiger partial charge in [-0.25, -0.2) is 13.2 Å². The normalized spacial score (nSPS) is 11.4. The van der Waals surface area contributed by atoms with Crippen LogP contribution in [-0.4, -0.2) is 24.7 Å². The zero-order valence-corrected chi connectivity index (χ0v) is 11.6. The van der Waals surface area contributed by atoms with Crippen molar-refractivity contribution in [1.29, 1.82) is 0 Å². The molecule has 0 amide bonds. The molecule has 6 nitrogen and oxygen atoms in total. The number of carboxylic acid groups (broad SMARTS) is 1. The van der Waals surface area contributed by atoms with Crippen LogP contribution in [0.5, 0.6) is 0 Å². The number of rotatable bonds is 5. The van der Waals surface area contributed by atoms with E-state index in [2.05, 4.69) is 5.16 Å². The molecule has 0 bridgehead atoms. The highest BCUT2D eigenvalue weighted by atomic mass is 32.2. The van der Waals surface area contributed by atoms with E-state index in [9.17, 15) is 13.2 Å². The van der Waals surface area contributed by atoms with Crippen LogP contribution in [0, 0.1) is 6.92 Å². The standard InChI is InChI=1S/C13H13NO5S/c1-9-3-2-4-10(5-9)7-20(17,18)8-11-6-12(13(15)16)14-19-11/h2-6H,7-8H2,1H3,(H,15,16). The average molecular weight is 295 g/mol. The highest BCUT2D eigenvalue weighted by molar-refractivity contribution is 7.89. The molecule has 1 aromatic carbocycles. The molecule has 0 saturated heterocycles. The van der Waals surface area contributed by atoms with Gasteiger partial charge in [0.15, 0.2) is 21.3 Å². The summed E-state index contributed by atoms with van der Waals surface area (Å²) in [6.07, 6.45) is 0. The summed E-state index contributed by atoms with van der Waals surface area (Å²) in [5, 5.41) is 12.0. The van der Waals surface area contributed by atoms with Gasteiger partial charge in [0.25, 0.3) is 0 Å². The maximum atomic E-state index is 12.0. The Hall–Kier alpha value is -2.15. The van der Waals surface area contributed by atoms with Crippen LogP contribution in [0.15, 0.2) is 34.9 Å². The van der Waals surface area contributed by atoms with Gasteiger partial charge in [0, 0.05) is 6.07 Å². The molecule has 1 heterocycles. The van der Waals surface area contributed by atoms with Crippen molar-refractivity contribution in [3.05, 3.63) is 52.9 Å². The molecule has 0 aliphatic carbocycles. The van der Waals surface area contributed by atoms with E-state index in [0.717, 1.165) is 11.6 Å². The predicted molar refractivity (Wildman–Crippen MR) is 71.0 cm³/mol. The van der Waals surface area contributed by atoms with Crippen molar-refractivity contribution in [3.8, 4) is 0 Å². The van der Waals surface area contributed by atoms with E-state index >= 15 is 0 Å². The van der Waals surface area contributed by atoms with Crippen LogP contribution in [0.3, 0.4) is 0 Å². The third-order valence-electron chi connectivity index (χ3n) is 2.61. The van der Waals surface area contributed by atoms with Crippen LogP contribution >= 0.6 is 0 Å². The summed E-state index contributed by atoms with van der Waals surface area (Å²) in [6.45, 7) is 1.88. The first-order valence-electron chi connectivity index (χ1n) is 5.80. The molecular weight excluding hydrogens is 282 g/mol. The molecule has 0 radical (unpaired) electrons. The molecule has 0 unspecified atom stereocenters. The zero-order chi connectivity index (χ0) is 14.8. The summed E-state index contributed by atoms with van der Waals surface area (Å²) in [4.78, 5) is 10.6. The van der Waals surface area contributed by atoms with E-state index in [1.165, 1.54) is 0 Å². The largest absolute Gasteiger partial charge is 0.476 e. The van der Waals surface area contributed by atoms with Gasteiger partial charge in [-0.15, -0.1) is 0 Å². The van der Waals surface area contributed by atoms with Gasteiger partial charge in [0.05, 0.1) is 5.75 Å². The number of hydrogen-bond donors (Lipinski definition) is 1. The van der Waals surface area contributed by atoms with Gasteiger partial charge in [0.1, 0.15) is 5.75 Å². The molecule has 0 aliphatic rings. The van der Waals surface area contributed by atoms with Gasteiger partial charge in [0.2, 0.25) is 0 Å². The second-order valence-electron chi connectivity index (χ2n) is 4.50. The molecule has 2 aromatic rings. The lowest BCUT2D eigenvalue weighted by Gasteiger charge is -2.03. The Morgan fingerprint density at radius 1 is 1.30 bits per heavy atom. The Morgan fingerprint density at radius 2 is 2.05 bits per heavy atom. The molecule has 0 aliphatic heterocycles. The summed E-state index contributed by atoms with van der Waals surface area (Å²) < 4.78 is 28.8. The fourth-order valence-electron chi connectivity index (χ4n) is 1.81. The fraction of sp³-hybridized carbons (Fsp3) is 0.231. The lowest BCUT2D eigenvalue weighted by molar-refractivity contribution is 0.0685. The molecule has 0 spiro atoms. The summed E-state index contributed by atoms with van der Waals surface area (Å²) in [5.74, 6) is -1.73. The second kappa shape index (κ2) is 5.46. The minimum atomic E-state index is -3.44. The third kappa shape index (κ3) is 3.67. The highest BCUT2D eigenvalue weighted by Crippen LogP contribution is 2.14. The van der Waals surface area contributed by atoms with E-state index in [1.54, 1.807) is 18.2 Å². The van der Waals surface area contributed by atoms with Gasteiger partial charge in [-0.3, -0.25) is 0 Å². The van der Waals surface area contributed by atoms with Crippen molar-refractivity contribution in [2.45, 2.75) is 18.4 Å². The lowest BCUT2D eigenvalue weighted by Crippen LogP contribution is -2.07. The van der Waals surface area contributed by atoms with Crippen LogP contribution in [-0.2, 0) is 21.3 Å². The third-order valence-corrected chi connectivity index (χ3v) is 4.11. The number of aromatic nitrogens is 1. The number of aromatic carboxylic acids is 1. The molecule has 20 heavy (non-hydrogen) atoms. The topological polar surface area (TPSA) is 97.5 Å². The minimum Gasteiger partial charge on any atom is -0.476 e. The Morgan fingerprint density at radius 3 is 2.65 bits per heavy atom. The van der Waals surface area contributed by atoms with Crippen LogP contribution in [0.1, 0.15) is 27.4 Å². The first kappa shape index (κ1) is 14.3. The van der Waals surface area contributed by atoms with Crippen molar-refractivity contribution in [3.63, 3.8) is 0 Å². The van der Waals surface area contributed by atoms with Crippen molar-refractivity contribution in [1.82, 2.24) is 5.16 Å². The minimum absolute atomic E-state index is 0.0232. The maximum Gasteiger partial charge on any atom is 0.358 e.